The van der Waals surface area contributed by atoms with Crippen LogP contribution in [0.1, 0.15) is 24.8 Å². The van der Waals surface area contributed by atoms with Crippen molar-refractivity contribution in [2.45, 2.75) is 32.0 Å². The largest absolute Gasteiger partial charge is 0.484 e. The van der Waals surface area contributed by atoms with Gasteiger partial charge in [-0.15, -0.1) is 12.4 Å². The van der Waals surface area contributed by atoms with Crippen LogP contribution < -0.4 is 15.4 Å². The monoisotopic (exact) mass is 378 g/mol. The van der Waals surface area contributed by atoms with Gasteiger partial charge in [-0.25, -0.2) is 0 Å². The Hall–Kier alpha value is -1.47. The van der Waals surface area contributed by atoms with Gasteiger partial charge in [0.05, 0.1) is 0 Å². The van der Waals surface area contributed by atoms with Crippen LogP contribution in [-0.4, -0.2) is 31.8 Å². The van der Waals surface area contributed by atoms with Crippen LogP contribution in [-0.2, 0) is 11.3 Å². The molecule has 1 unspecified atom stereocenters. The molecule has 1 atom stereocenters. The van der Waals surface area contributed by atoms with Crippen molar-refractivity contribution in [3.8, 4) is 5.75 Å². The fourth-order valence-electron chi connectivity index (χ4n) is 3.38. The Bertz CT molecular complexity index is 587. The molecule has 3 rings (SSSR count). The van der Waals surface area contributed by atoms with Crippen LogP contribution in [0.2, 0.25) is 0 Å². The Morgan fingerprint density at radius 2 is 1.88 bits per heavy atom. The molecule has 2 aliphatic rings. The predicted octanol–water partition coefficient (Wildman–Crippen LogP) is 3.06. The molecular weight excluding hydrogens is 357 g/mol. The smallest absolute Gasteiger partial charge is 0.422 e. The zero-order chi connectivity index (χ0) is 17.2. The molecule has 4 nitrogen and oxygen atoms in total. The molecule has 1 aromatic rings. The summed E-state index contributed by atoms with van der Waals surface area (Å²) in [5.74, 6) is 0.349. The first kappa shape index (κ1) is 19.8. The molecule has 0 aromatic heterocycles. The van der Waals surface area contributed by atoms with E-state index in [9.17, 15) is 18.0 Å². The topological polar surface area (TPSA) is 50.4 Å². The van der Waals surface area contributed by atoms with E-state index in [-0.39, 0.29) is 35.4 Å². The molecule has 1 saturated heterocycles. The van der Waals surface area contributed by atoms with Crippen LogP contribution >= 0.6 is 12.4 Å². The lowest BCUT2D eigenvalue weighted by molar-refractivity contribution is -0.153. The Morgan fingerprint density at radius 1 is 1.24 bits per heavy atom. The van der Waals surface area contributed by atoms with Gasteiger partial charge in [0, 0.05) is 12.5 Å². The van der Waals surface area contributed by atoms with Crippen LogP contribution in [0.3, 0.4) is 0 Å². The summed E-state index contributed by atoms with van der Waals surface area (Å²) in [4.78, 5) is 12.3. The lowest BCUT2D eigenvalue weighted by atomic mass is 9.92. The second kappa shape index (κ2) is 7.83. The highest BCUT2D eigenvalue weighted by atomic mass is 35.5. The van der Waals surface area contributed by atoms with Crippen LogP contribution in [0.15, 0.2) is 24.3 Å². The highest BCUT2D eigenvalue weighted by Crippen LogP contribution is 2.58. The lowest BCUT2D eigenvalue weighted by Gasteiger charge is -2.23. The Balaban J connectivity index is 0.00000225. The van der Waals surface area contributed by atoms with Gasteiger partial charge in [0.2, 0.25) is 5.91 Å². The summed E-state index contributed by atoms with van der Waals surface area (Å²) in [6.07, 6.45) is -1.28. The normalized spacial score (nSPS) is 21.3. The lowest BCUT2D eigenvalue weighted by Crippen LogP contribution is -2.33. The standard InChI is InChI=1S/C17H21F3N2O2.ClH/c18-17(19,20)11-24-13-3-1-12(2-4-13)10-22-15(23)14-9-16(14)5-7-21-8-6-16;/h1-4,14,21H,5-11H2,(H,22,23);1H. The van der Waals surface area contributed by atoms with Gasteiger partial charge in [-0.3, -0.25) is 4.79 Å². The maximum absolute atomic E-state index is 12.3. The van der Waals surface area contributed by atoms with Gasteiger partial charge in [0.1, 0.15) is 5.75 Å². The second-order valence-electron chi connectivity index (χ2n) is 6.63. The number of rotatable bonds is 5. The molecule has 1 heterocycles. The molecule has 140 valence electrons. The molecule has 1 aromatic carbocycles. The number of alkyl halides is 3. The number of amides is 1. The number of nitrogens with one attached hydrogen (secondary N) is 2. The maximum atomic E-state index is 12.3. The third kappa shape index (κ3) is 5.25. The Kier molecular flexibility index (Phi) is 6.21. The number of ether oxygens (including phenoxy) is 1. The van der Waals surface area contributed by atoms with E-state index in [2.05, 4.69) is 15.4 Å². The summed E-state index contributed by atoms with van der Waals surface area (Å²) >= 11 is 0. The quantitative estimate of drug-likeness (QED) is 0.828. The fraction of sp³-hybridized carbons (Fsp3) is 0.588. The molecular formula is C17H22ClF3N2O2. The number of hydrogen-bond donors (Lipinski definition) is 2. The van der Waals surface area contributed by atoms with Crippen LogP contribution in [0.25, 0.3) is 0 Å². The highest BCUT2D eigenvalue weighted by Gasteiger charge is 2.57. The zero-order valence-electron chi connectivity index (χ0n) is 13.7. The second-order valence-corrected chi connectivity index (χ2v) is 6.63. The minimum atomic E-state index is -4.35. The third-order valence-corrected chi connectivity index (χ3v) is 4.90. The molecule has 1 aliphatic carbocycles. The Labute approximate surface area is 150 Å². The van der Waals surface area contributed by atoms with Crippen molar-refractivity contribution in [3.05, 3.63) is 29.8 Å². The zero-order valence-corrected chi connectivity index (χ0v) is 14.5. The van der Waals surface area contributed by atoms with Crippen molar-refractivity contribution in [1.29, 1.82) is 0 Å². The molecule has 1 amide bonds. The molecule has 2 fully saturated rings. The number of piperidine rings is 1. The molecule has 1 spiro atoms. The summed E-state index contributed by atoms with van der Waals surface area (Å²) in [5, 5.41) is 6.24. The number of halogens is 4. The van der Waals surface area contributed by atoms with Crippen molar-refractivity contribution >= 4 is 18.3 Å². The predicted molar refractivity (Wildman–Crippen MR) is 89.7 cm³/mol. The summed E-state index contributed by atoms with van der Waals surface area (Å²) in [5.41, 5.74) is 1.03. The fourth-order valence-corrected chi connectivity index (χ4v) is 3.38. The summed E-state index contributed by atoms with van der Waals surface area (Å²) in [7, 11) is 0. The van der Waals surface area contributed by atoms with Crippen molar-refractivity contribution in [3.63, 3.8) is 0 Å². The Morgan fingerprint density at radius 3 is 2.48 bits per heavy atom. The van der Waals surface area contributed by atoms with E-state index < -0.39 is 12.8 Å². The van der Waals surface area contributed by atoms with Gasteiger partial charge in [-0.05, 0) is 55.5 Å². The van der Waals surface area contributed by atoms with Gasteiger partial charge < -0.3 is 15.4 Å². The number of hydrogen-bond acceptors (Lipinski definition) is 3. The number of carbonyl (C=O) groups excluding carboxylic acids is 1. The van der Waals surface area contributed by atoms with Crippen molar-refractivity contribution in [2.24, 2.45) is 11.3 Å². The number of carbonyl (C=O) groups is 1. The minimum Gasteiger partial charge on any atom is -0.484 e. The van der Waals surface area contributed by atoms with Gasteiger partial charge in [0.25, 0.3) is 0 Å². The first-order chi connectivity index (χ1) is 11.4. The van der Waals surface area contributed by atoms with Gasteiger partial charge in [0.15, 0.2) is 6.61 Å². The third-order valence-electron chi connectivity index (χ3n) is 4.90. The SMILES string of the molecule is Cl.O=C(NCc1ccc(OCC(F)(F)F)cc1)C1CC12CCNCC2. The average Bonchev–Trinajstić information content (AvgIpc) is 3.25. The van der Waals surface area contributed by atoms with E-state index in [0.717, 1.165) is 37.9 Å². The van der Waals surface area contributed by atoms with Gasteiger partial charge in [-0.1, -0.05) is 12.1 Å². The molecule has 8 heteroatoms. The number of benzene rings is 1. The van der Waals surface area contributed by atoms with Gasteiger partial charge >= 0.3 is 6.18 Å². The van der Waals surface area contributed by atoms with Crippen molar-refractivity contribution in [1.82, 2.24) is 10.6 Å². The van der Waals surface area contributed by atoms with Crippen LogP contribution in [0.5, 0.6) is 5.75 Å². The molecule has 0 bridgehead atoms. The van der Waals surface area contributed by atoms with E-state index in [0.29, 0.717) is 6.54 Å². The highest BCUT2D eigenvalue weighted by molar-refractivity contribution is 5.85. The first-order valence-corrected chi connectivity index (χ1v) is 8.15. The van der Waals surface area contributed by atoms with Crippen molar-refractivity contribution < 1.29 is 22.7 Å². The molecule has 1 saturated carbocycles. The summed E-state index contributed by atoms with van der Waals surface area (Å²) < 4.78 is 40.9. The summed E-state index contributed by atoms with van der Waals surface area (Å²) in [6.45, 7) is 1.03. The van der Waals surface area contributed by atoms with E-state index in [1.807, 2.05) is 0 Å². The molecule has 2 N–H and O–H groups in total. The maximum Gasteiger partial charge on any atom is 0.422 e. The molecule has 25 heavy (non-hydrogen) atoms. The van der Waals surface area contributed by atoms with Crippen LogP contribution in [0.4, 0.5) is 13.2 Å². The summed E-state index contributed by atoms with van der Waals surface area (Å²) in [6, 6.07) is 6.30. The van der Waals surface area contributed by atoms with Gasteiger partial charge in [-0.2, -0.15) is 13.2 Å². The first-order valence-electron chi connectivity index (χ1n) is 8.15. The molecule has 1 aliphatic heterocycles. The van der Waals surface area contributed by atoms with E-state index in [4.69, 9.17) is 0 Å². The van der Waals surface area contributed by atoms with E-state index in [1.54, 1.807) is 12.1 Å². The van der Waals surface area contributed by atoms with E-state index >= 15 is 0 Å². The van der Waals surface area contributed by atoms with Crippen LogP contribution in [0, 0.1) is 11.3 Å². The molecule has 0 radical (unpaired) electrons. The minimum absolute atomic E-state index is 0. The van der Waals surface area contributed by atoms with E-state index in [1.165, 1.54) is 12.1 Å². The van der Waals surface area contributed by atoms with Crippen molar-refractivity contribution in [2.75, 3.05) is 19.7 Å². The average molecular weight is 379 g/mol.